The average molecular weight is 450 g/mol. The predicted molar refractivity (Wildman–Crippen MR) is 119 cm³/mol. The molecule has 0 spiro atoms. The van der Waals surface area contributed by atoms with Crippen molar-refractivity contribution in [1.82, 2.24) is 15.5 Å². The minimum absolute atomic E-state index is 0.0660. The first-order chi connectivity index (χ1) is 14.9. The summed E-state index contributed by atoms with van der Waals surface area (Å²) in [6, 6.07) is 9.21. The Bertz CT molecular complexity index is 796. The number of carbonyl (C=O) groups excluding carboxylic acids is 3. The van der Waals surface area contributed by atoms with E-state index < -0.39 is 34.8 Å². The lowest BCUT2D eigenvalue weighted by Gasteiger charge is -2.42. The Morgan fingerprint density at radius 2 is 1.66 bits per heavy atom. The van der Waals surface area contributed by atoms with Gasteiger partial charge in [-0.15, -0.1) is 0 Å². The molecule has 178 valence electrons. The van der Waals surface area contributed by atoms with E-state index in [0.717, 1.165) is 5.56 Å². The van der Waals surface area contributed by atoms with Gasteiger partial charge in [0.15, 0.2) is 0 Å². The molecule has 0 atom stereocenters. The number of aliphatic hydroxyl groups excluding tert-OH is 1. The van der Waals surface area contributed by atoms with E-state index in [4.69, 9.17) is 9.47 Å². The van der Waals surface area contributed by atoms with Crippen LogP contribution in [0.25, 0.3) is 0 Å². The fourth-order valence-corrected chi connectivity index (χ4v) is 3.23. The zero-order valence-corrected chi connectivity index (χ0v) is 19.6. The monoisotopic (exact) mass is 449 g/mol. The SMILES string of the molecule is CC(C)(CO)NC(=O)C1(NC(=O)OCc2ccccc2)CCN(C(=O)OC(C)(C)C)CC1. The van der Waals surface area contributed by atoms with Crippen LogP contribution in [0.5, 0.6) is 0 Å². The number of nitrogens with one attached hydrogen (secondary N) is 2. The van der Waals surface area contributed by atoms with Crippen LogP contribution in [0.4, 0.5) is 9.59 Å². The molecule has 2 rings (SSSR count). The summed E-state index contributed by atoms with van der Waals surface area (Å²) in [5, 5.41) is 15.1. The molecule has 0 unspecified atom stereocenters. The van der Waals surface area contributed by atoms with Crippen LogP contribution in [0.2, 0.25) is 0 Å². The second-order valence-corrected chi connectivity index (χ2v) is 9.73. The average Bonchev–Trinajstić information content (AvgIpc) is 2.72. The number of carbonyl (C=O) groups is 3. The summed E-state index contributed by atoms with van der Waals surface area (Å²) in [4.78, 5) is 39.7. The first-order valence-electron chi connectivity index (χ1n) is 10.8. The molecule has 1 fully saturated rings. The lowest BCUT2D eigenvalue weighted by atomic mass is 9.85. The molecule has 1 aliphatic heterocycles. The highest BCUT2D eigenvalue weighted by atomic mass is 16.6. The van der Waals surface area contributed by atoms with Crippen molar-refractivity contribution in [1.29, 1.82) is 0 Å². The second-order valence-electron chi connectivity index (χ2n) is 9.73. The third-order valence-electron chi connectivity index (χ3n) is 5.10. The van der Waals surface area contributed by atoms with Crippen molar-refractivity contribution in [3.8, 4) is 0 Å². The molecule has 0 bridgehead atoms. The molecule has 9 heteroatoms. The van der Waals surface area contributed by atoms with Gasteiger partial charge in [-0.1, -0.05) is 30.3 Å². The Kier molecular flexibility index (Phi) is 8.12. The summed E-state index contributed by atoms with van der Waals surface area (Å²) in [7, 11) is 0. The maximum atomic E-state index is 13.2. The normalized spacial score (nSPS) is 16.1. The van der Waals surface area contributed by atoms with Gasteiger partial charge in [0, 0.05) is 13.1 Å². The molecule has 1 aromatic rings. The second kappa shape index (κ2) is 10.2. The van der Waals surface area contributed by atoms with E-state index in [1.807, 2.05) is 30.3 Å². The lowest BCUT2D eigenvalue weighted by molar-refractivity contribution is -0.131. The standard InChI is InChI=1S/C23H35N3O6/c1-21(2,3)32-20(30)26-13-11-23(12-14-26,18(28)24-22(4,5)16-27)25-19(29)31-15-17-9-7-6-8-10-17/h6-10,27H,11-16H2,1-5H3,(H,24,28)(H,25,29). The maximum absolute atomic E-state index is 13.2. The van der Waals surface area contributed by atoms with Crippen LogP contribution in [0.3, 0.4) is 0 Å². The third kappa shape index (κ3) is 7.40. The van der Waals surface area contributed by atoms with Crippen LogP contribution in [0, 0.1) is 0 Å². The smallest absolute Gasteiger partial charge is 0.410 e. The molecular weight excluding hydrogens is 414 g/mol. The van der Waals surface area contributed by atoms with E-state index in [1.54, 1.807) is 34.6 Å². The molecule has 3 N–H and O–H groups in total. The van der Waals surface area contributed by atoms with E-state index >= 15 is 0 Å². The number of aliphatic hydroxyl groups is 1. The highest BCUT2D eigenvalue weighted by Gasteiger charge is 2.46. The Morgan fingerprint density at radius 3 is 2.19 bits per heavy atom. The van der Waals surface area contributed by atoms with Gasteiger partial charge in [-0.05, 0) is 53.0 Å². The zero-order valence-electron chi connectivity index (χ0n) is 19.6. The van der Waals surface area contributed by atoms with Crippen LogP contribution in [-0.4, -0.2) is 64.5 Å². The van der Waals surface area contributed by atoms with Gasteiger partial charge in [0.05, 0.1) is 12.1 Å². The Morgan fingerprint density at radius 1 is 1.06 bits per heavy atom. The fourth-order valence-electron chi connectivity index (χ4n) is 3.23. The molecule has 0 aromatic heterocycles. The summed E-state index contributed by atoms with van der Waals surface area (Å²) in [6.45, 7) is 8.97. The predicted octanol–water partition coefficient (Wildman–Crippen LogP) is 2.57. The van der Waals surface area contributed by atoms with Crippen molar-refractivity contribution in [2.45, 2.75) is 70.7 Å². The number of hydrogen-bond acceptors (Lipinski definition) is 6. The van der Waals surface area contributed by atoms with Gasteiger partial charge in [0.2, 0.25) is 5.91 Å². The van der Waals surface area contributed by atoms with Crippen LogP contribution in [0.1, 0.15) is 53.0 Å². The van der Waals surface area contributed by atoms with E-state index in [-0.39, 0.29) is 39.1 Å². The molecule has 0 aliphatic carbocycles. The number of alkyl carbamates (subject to hydrolysis) is 1. The number of hydrogen-bond donors (Lipinski definition) is 3. The molecule has 32 heavy (non-hydrogen) atoms. The number of ether oxygens (including phenoxy) is 2. The molecule has 0 radical (unpaired) electrons. The van der Waals surface area contributed by atoms with Gasteiger partial charge in [-0.2, -0.15) is 0 Å². The molecule has 1 saturated heterocycles. The van der Waals surface area contributed by atoms with Gasteiger partial charge in [0.1, 0.15) is 17.7 Å². The van der Waals surface area contributed by atoms with E-state index in [2.05, 4.69) is 10.6 Å². The minimum atomic E-state index is -1.28. The van der Waals surface area contributed by atoms with Crippen LogP contribution in [-0.2, 0) is 20.9 Å². The van der Waals surface area contributed by atoms with Gasteiger partial charge < -0.3 is 30.1 Å². The number of amides is 3. The summed E-state index contributed by atoms with van der Waals surface area (Å²) >= 11 is 0. The highest BCUT2D eigenvalue weighted by Crippen LogP contribution is 2.25. The summed E-state index contributed by atoms with van der Waals surface area (Å²) in [5.74, 6) is -0.433. The van der Waals surface area contributed by atoms with Crippen molar-refractivity contribution in [2.75, 3.05) is 19.7 Å². The van der Waals surface area contributed by atoms with Gasteiger partial charge >= 0.3 is 12.2 Å². The minimum Gasteiger partial charge on any atom is -0.445 e. The highest BCUT2D eigenvalue weighted by molar-refractivity contribution is 5.91. The maximum Gasteiger partial charge on any atom is 0.410 e. The molecule has 9 nitrogen and oxygen atoms in total. The van der Waals surface area contributed by atoms with Crippen LogP contribution in [0.15, 0.2) is 30.3 Å². The van der Waals surface area contributed by atoms with Crippen molar-refractivity contribution in [2.24, 2.45) is 0 Å². The van der Waals surface area contributed by atoms with Gasteiger partial charge in [-0.25, -0.2) is 9.59 Å². The van der Waals surface area contributed by atoms with Crippen molar-refractivity contribution in [3.05, 3.63) is 35.9 Å². The van der Waals surface area contributed by atoms with Crippen molar-refractivity contribution >= 4 is 18.1 Å². The number of nitrogens with zero attached hydrogens (tertiary/aromatic N) is 1. The largest absolute Gasteiger partial charge is 0.445 e. The lowest BCUT2D eigenvalue weighted by Crippen LogP contribution is -2.66. The van der Waals surface area contributed by atoms with E-state index in [9.17, 15) is 19.5 Å². The number of benzene rings is 1. The Hall–Kier alpha value is -2.81. The summed E-state index contributed by atoms with van der Waals surface area (Å²) in [5.41, 5.74) is -1.96. The number of rotatable bonds is 6. The Balaban J connectivity index is 2.10. The fraction of sp³-hybridized carbons (Fsp3) is 0.609. The molecule has 0 saturated carbocycles. The van der Waals surface area contributed by atoms with Crippen molar-refractivity contribution < 1.29 is 29.0 Å². The van der Waals surface area contributed by atoms with Crippen LogP contribution >= 0.6 is 0 Å². The van der Waals surface area contributed by atoms with Gasteiger partial charge in [-0.3, -0.25) is 4.79 Å². The molecular formula is C23H35N3O6. The quantitative estimate of drug-likeness (QED) is 0.615. The first kappa shape index (κ1) is 25.5. The molecule has 1 aromatic carbocycles. The molecule has 1 heterocycles. The van der Waals surface area contributed by atoms with E-state index in [1.165, 1.54) is 4.90 Å². The van der Waals surface area contributed by atoms with Crippen LogP contribution < -0.4 is 10.6 Å². The molecule has 1 aliphatic rings. The topological polar surface area (TPSA) is 117 Å². The summed E-state index contributed by atoms with van der Waals surface area (Å²) in [6.07, 6.45) is -0.828. The van der Waals surface area contributed by atoms with Crippen molar-refractivity contribution in [3.63, 3.8) is 0 Å². The van der Waals surface area contributed by atoms with Gasteiger partial charge in [0.25, 0.3) is 0 Å². The summed E-state index contributed by atoms with van der Waals surface area (Å²) < 4.78 is 10.7. The van der Waals surface area contributed by atoms with E-state index in [0.29, 0.717) is 0 Å². The zero-order chi connectivity index (χ0) is 24.0. The number of piperidine rings is 1. The first-order valence-corrected chi connectivity index (χ1v) is 10.8. The molecule has 3 amide bonds. The third-order valence-corrected chi connectivity index (χ3v) is 5.10. The Labute approximate surface area is 189 Å². The number of likely N-dealkylation sites (tertiary alicyclic amines) is 1.